The summed E-state index contributed by atoms with van der Waals surface area (Å²) >= 11 is 1.35. The molecule has 0 saturated carbocycles. The van der Waals surface area contributed by atoms with Gasteiger partial charge in [-0.05, 0) is 24.1 Å². The van der Waals surface area contributed by atoms with E-state index in [1.54, 1.807) is 12.1 Å². The van der Waals surface area contributed by atoms with Gasteiger partial charge in [0.05, 0.1) is 11.3 Å². The van der Waals surface area contributed by atoms with Gasteiger partial charge in [-0.25, -0.2) is 9.78 Å². The smallest absolute Gasteiger partial charge is 0.335 e. The van der Waals surface area contributed by atoms with E-state index in [9.17, 15) is 9.59 Å². The Balaban J connectivity index is 2.15. The van der Waals surface area contributed by atoms with Crippen LogP contribution < -0.4 is 5.32 Å². The molecule has 0 aliphatic rings. The Morgan fingerprint density at radius 1 is 1.30 bits per heavy atom. The number of anilines is 1. The third-order valence-electron chi connectivity index (χ3n) is 2.71. The Hall–Kier alpha value is -2.21. The molecule has 1 aromatic heterocycles. The number of hydrogen-bond donors (Lipinski definition) is 2. The zero-order valence-corrected chi connectivity index (χ0v) is 11.9. The molecular formula is C14H14N2O3S. The van der Waals surface area contributed by atoms with Crippen LogP contribution in [0, 0.1) is 0 Å². The zero-order valence-electron chi connectivity index (χ0n) is 11.1. The first kappa shape index (κ1) is 14.2. The van der Waals surface area contributed by atoms with Crippen LogP contribution in [0.1, 0.15) is 46.2 Å². The van der Waals surface area contributed by atoms with Crippen molar-refractivity contribution in [2.45, 2.75) is 19.8 Å². The number of aromatic carboxylic acids is 1. The molecule has 0 radical (unpaired) electrons. The molecule has 1 heterocycles. The molecule has 2 N–H and O–H groups in total. The lowest BCUT2D eigenvalue weighted by molar-refractivity contribution is 0.0697. The second-order valence-corrected chi connectivity index (χ2v) is 5.43. The van der Waals surface area contributed by atoms with Crippen LogP contribution in [0.15, 0.2) is 29.6 Å². The van der Waals surface area contributed by atoms with Crippen LogP contribution >= 0.6 is 11.3 Å². The van der Waals surface area contributed by atoms with Crippen molar-refractivity contribution in [1.82, 2.24) is 4.98 Å². The van der Waals surface area contributed by atoms with Crippen molar-refractivity contribution < 1.29 is 14.7 Å². The van der Waals surface area contributed by atoms with E-state index < -0.39 is 5.97 Å². The SMILES string of the molecule is CC(C)c1csc(NC(=O)c2cccc(C(=O)O)c2)n1. The topological polar surface area (TPSA) is 79.3 Å². The number of carbonyl (C=O) groups is 2. The summed E-state index contributed by atoms with van der Waals surface area (Å²) in [6, 6.07) is 5.90. The highest BCUT2D eigenvalue weighted by Gasteiger charge is 2.12. The maximum Gasteiger partial charge on any atom is 0.335 e. The van der Waals surface area contributed by atoms with Gasteiger partial charge in [-0.1, -0.05) is 19.9 Å². The molecule has 5 nitrogen and oxygen atoms in total. The molecule has 0 atom stereocenters. The minimum atomic E-state index is -1.06. The second kappa shape index (κ2) is 5.83. The number of benzene rings is 1. The maximum atomic E-state index is 12.0. The van der Waals surface area contributed by atoms with E-state index in [1.165, 1.54) is 23.5 Å². The third-order valence-corrected chi connectivity index (χ3v) is 3.48. The molecule has 104 valence electrons. The number of carboxylic acids is 1. The predicted octanol–water partition coefficient (Wildman–Crippen LogP) is 3.22. The summed E-state index contributed by atoms with van der Waals surface area (Å²) in [4.78, 5) is 27.2. The van der Waals surface area contributed by atoms with Crippen molar-refractivity contribution in [2.75, 3.05) is 5.32 Å². The largest absolute Gasteiger partial charge is 0.478 e. The van der Waals surface area contributed by atoms with Crippen LogP contribution in [0.5, 0.6) is 0 Å². The summed E-state index contributed by atoms with van der Waals surface area (Å²) in [5.74, 6) is -1.12. The summed E-state index contributed by atoms with van der Waals surface area (Å²) in [6.45, 7) is 4.05. The first-order chi connectivity index (χ1) is 9.47. The Kier molecular flexibility index (Phi) is 4.14. The molecule has 0 fully saturated rings. The highest BCUT2D eigenvalue weighted by atomic mass is 32.1. The van der Waals surface area contributed by atoms with Gasteiger partial charge in [-0.3, -0.25) is 10.1 Å². The minimum Gasteiger partial charge on any atom is -0.478 e. The lowest BCUT2D eigenvalue weighted by Gasteiger charge is -2.03. The Morgan fingerprint density at radius 2 is 2.00 bits per heavy atom. The van der Waals surface area contributed by atoms with Crippen molar-refractivity contribution in [2.24, 2.45) is 0 Å². The van der Waals surface area contributed by atoms with Crippen molar-refractivity contribution >= 4 is 28.3 Å². The average molecular weight is 290 g/mol. The van der Waals surface area contributed by atoms with Gasteiger partial charge in [-0.2, -0.15) is 0 Å². The minimum absolute atomic E-state index is 0.0830. The number of nitrogens with zero attached hydrogens (tertiary/aromatic N) is 1. The molecule has 20 heavy (non-hydrogen) atoms. The highest BCUT2D eigenvalue weighted by molar-refractivity contribution is 7.14. The number of thiazole rings is 1. The molecule has 0 spiro atoms. The number of hydrogen-bond acceptors (Lipinski definition) is 4. The standard InChI is InChI=1S/C14H14N2O3S/c1-8(2)11-7-20-14(15-11)16-12(17)9-4-3-5-10(6-9)13(18)19/h3-8H,1-2H3,(H,18,19)(H,15,16,17). The Morgan fingerprint density at radius 3 is 2.60 bits per heavy atom. The molecule has 2 aromatic rings. The Labute approximate surface area is 120 Å². The Bertz CT molecular complexity index is 649. The summed E-state index contributed by atoms with van der Waals surface area (Å²) in [5, 5.41) is 14.0. The van der Waals surface area contributed by atoms with Crippen molar-refractivity contribution in [3.63, 3.8) is 0 Å². The van der Waals surface area contributed by atoms with Crippen LogP contribution in [0.2, 0.25) is 0 Å². The van der Waals surface area contributed by atoms with E-state index >= 15 is 0 Å². The predicted molar refractivity (Wildman–Crippen MR) is 77.6 cm³/mol. The summed E-state index contributed by atoms with van der Waals surface area (Å²) in [5.41, 5.74) is 1.30. The normalized spacial score (nSPS) is 10.6. The summed E-state index contributed by atoms with van der Waals surface area (Å²) < 4.78 is 0. The summed E-state index contributed by atoms with van der Waals surface area (Å²) in [6.07, 6.45) is 0. The summed E-state index contributed by atoms with van der Waals surface area (Å²) in [7, 11) is 0. The maximum absolute atomic E-state index is 12.0. The van der Waals surface area contributed by atoms with Crippen molar-refractivity contribution in [1.29, 1.82) is 0 Å². The second-order valence-electron chi connectivity index (χ2n) is 4.57. The molecule has 0 saturated heterocycles. The van der Waals surface area contributed by atoms with E-state index in [4.69, 9.17) is 5.11 Å². The molecule has 0 unspecified atom stereocenters. The average Bonchev–Trinajstić information content (AvgIpc) is 2.87. The first-order valence-electron chi connectivity index (χ1n) is 6.07. The zero-order chi connectivity index (χ0) is 14.7. The molecular weight excluding hydrogens is 276 g/mol. The number of nitrogens with one attached hydrogen (secondary N) is 1. The molecule has 0 aliphatic carbocycles. The molecule has 2 rings (SSSR count). The molecule has 6 heteroatoms. The van der Waals surface area contributed by atoms with E-state index in [0.29, 0.717) is 16.6 Å². The van der Waals surface area contributed by atoms with Gasteiger partial charge in [0.25, 0.3) is 5.91 Å². The van der Waals surface area contributed by atoms with Gasteiger partial charge in [0.1, 0.15) is 0 Å². The number of amides is 1. The van der Waals surface area contributed by atoms with E-state index in [1.807, 2.05) is 19.2 Å². The van der Waals surface area contributed by atoms with Crippen LogP contribution in [0.3, 0.4) is 0 Å². The monoisotopic (exact) mass is 290 g/mol. The number of rotatable bonds is 4. The van der Waals surface area contributed by atoms with Crippen molar-refractivity contribution in [3.05, 3.63) is 46.5 Å². The number of carboxylic acid groups (broad SMARTS) is 1. The molecule has 0 bridgehead atoms. The fourth-order valence-corrected chi connectivity index (χ4v) is 2.44. The first-order valence-corrected chi connectivity index (χ1v) is 6.95. The van der Waals surface area contributed by atoms with Gasteiger partial charge in [0, 0.05) is 10.9 Å². The number of carbonyl (C=O) groups excluding carboxylic acids is 1. The van der Waals surface area contributed by atoms with Gasteiger partial charge >= 0.3 is 5.97 Å². The lowest BCUT2D eigenvalue weighted by atomic mass is 10.1. The van der Waals surface area contributed by atoms with Crippen LogP contribution in [0.25, 0.3) is 0 Å². The lowest BCUT2D eigenvalue weighted by Crippen LogP contribution is -2.12. The highest BCUT2D eigenvalue weighted by Crippen LogP contribution is 2.22. The number of aromatic nitrogens is 1. The van der Waals surface area contributed by atoms with Crippen LogP contribution in [0.4, 0.5) is 5.13 Å². The van der Waals surface area contributed by atoms with Gasteiger partial charge in [0.2, 0.25) is 0 Å². The molecule has 0 aliphatic heterocycles. The van der Waals surface area contributed by atoms with E-state index in [-0.39, 0.29) is 11.5 Å². The quantitative estimate of drug-likeness (QED) is 0.906. The molecule has 1 amide bonds. The van der Waals surface area contributed by atoms with Gasteiger partial charge in [0.15, 0.2) is 5.13 Å². The fraction of sp³-hybridized carbons (Fsp3) is 0.214. The van der Waals surface area contributed by atoms with Crippen molar-refractivity contribution in [3.8, 4) is 0 Å². The van der Waals surface area contributed by atoms with Crippen LogP contribution in [-0.2, 0) is 0 Å². The van der Waals surface area contributed by atoms with E-state index in [0.717, 1.165) is 5.69 Å². The van der Waals surface area contributed by atoms with E-state index in [2.05, 4.69) is 10.3 Å². The van der Waals surface area contributed by atoms with Crippen LogP contribution in [-0.4, -0.2) is 22.0 Å². The van der Waals surface area contributed by atoms with Gasteiger partial charge in [-0.15, -0.1) is 11.3 Å². The van der Waals surface area contributed by atoms with Gasteiger partial charge < -0.3 is 5.11 Å². The fourth-order valence-electron chi connectivity index (χ4n) is 1.57. The molecule has 1 aromatic carbocycles. The third kappa shape index (κ3) is 3.21.